The first-order valence-electron chi connectivity index (χ1n) is 10.6. The van der Waals surface area contributed by atoms with E-state index < -0.39 is 15.7 Å². The average molecular weight is 475 g/mol. The zero-order valence-corrected chi connectivity index (χ0v) is 19.2. The molecule has 1 saturated heterocycles. The van der Waals surface area contributed by atoms with Crippen molar-refractivity contribution in [3.8, 4) is 11.5 Å². The van der Waals surface area contributed by atoms with E-state index >= 15 is 0 Å². The topological polar surface area (TPSA) is 76.2 Å². The maximum Gasteiger partial charge on any atom is 0.267 e. The second kappa shape index (κ2) is 8.01. The molecular weight excluding hydrogens is 452 g/mol. The Labute approximate surface area is 192 Å². The highest BCUT2D eigenvalue weighted by Crippen LogP contribution is 2.44. The van der Waals surface area contributed by atoms with Crippen molar-refractivity contribution in [1.82, 2.24) is 4.90 Å². The second-order valence-electron chi connectivity index (χ2n) is 8.28. The minimum Gasteiger partial charge on any atom is -0.486 e. The number of anilines is 2. The van der Waals surface area contributed by atoms with Crippen LogP contribution < -0.4 is 14.4 Å². The van der Waals surface area contributed by atoms with Crippen LogP contribution >= 0.6 is 11.6 Å². The number of fused-ring (bicyclic) bond motifs is 2. The number of benzene rings is 2. The van der Waals surface area contributed by atoms with Crippen molar-refractivity contribution in [1.29, 1.82) is 0 Å². The number of hydrogen-bond acceptors (Lipinski definition) is 6. The zero-order chi connectivity index (χ0) is 22.5. The molecule has 0 atom stereocenters. The van der Waals surface area contributed by atoms with Gasteiger partial charge in [-0.15, -0.1) is 0 Å². The lowest BCUT2D eigenvalue weighted by Crippen LogP contribution is -2.41. The summed E-state index contributed by atoms with van der Waals surface area (Å²) in [4.78, 5) is 16.5. The minimum atomic E-state index is -4.01. The van der Waals surface area contributed by atoms with Gasteiger partial charge in [0.1, 0.15) is 13.2 Å². The van der Waals surface area contributed by atoms with Crippen LogP contribution in [0.3, 0.4) is 0 Å². The van der Waals surface area contributed by atoms with Gasteiger partial charge in [0.05, 0.1) is 10.6 Å². The minimum absolute atomic E-state index is 0.0491. The van der Waals surface area contributed by atoms with Gasteiger partial charge in [-0.2, -0.15) is 0 Å². The van der Waals surface area contributed by atoms with Gasteiger partial charge in [0, 0.05) is 36.1 Å². The molecule has 3 heterocycles. The summed E-state index contributed by atoms with van der Waals surface area (Å²) in [5, 5.41) is 0.398. The highest BCUT2D eigenvalue weighted by atomic mass is 35.5. The number of amides is 1. The Balaban J connectivity index is 1.62. The average Bonchev–Trinajstić information content (AvgIpc) is 2.79. The number of likely N-dealkylation sites (tertiary alicyclic amines) is 1. The Kier molecular flexibility index (Phi) is 5.29. The summed E-state index contributed by atoms with van der Waals surface area (Å²) in [5.41, 5.74) is 1.03. The number of carbonyl (C=O) groups is 1. The molecule has 0 saturated carbocycles. The highest BCUT2D eigenvalue weighted by molar-refractivity contribution is 7.96. The molecule has 2 aromatic rings. The van der Waals surface area contributed by atoms with Gasteiger partial charge < -0.3 is 19.3 Å². The van der Waals surface area contributed by atoms with Crippen LogP contribution in [0.25, 0.3) is 0 Å². The van der Waals surface area contributed by atoms with Crippen molar-refractivity contribution >= 4 is 38.7 Å². The quantitative estimate of drug-likeness (QED) is 0.651. The van der Waals surface area contributed by atoms with E-state index in [1.54, 1.807) is 34.1 Å². The third-order valence-corrected chi connectivity index (χ3v) is 8.11. The predicted octanol–water partition coefficient (Wildman–Crippen LogP) is 4.14. The van der Waals surface area contributed by atoms with Gasteiger partial charge in [0.25, 0.3) is 5.91 Å². The summed E-state index contributed by atoms with van der Waals surface area (Å²) in [6, 6.07) is 9.92. The van der Waals surface area contributed by atoms with Crippen molar-refractivity contribution in [2.75, 3.05) is 31.2 Å². The van der Waals surface area contributed by atoms with E-state index in [2.05, 4.69) is 6.92 Å². The number of rotatable bonds is 2. The smallest absolute Gasteiger partial charge is 0.267 e. The Morgan fingerprint density at radius 3 is 2.50 bits per heavy atom. The SMILES string of the molecule is CC1CCN(C(=O)C2=CN(c3ccc4c(c3)OCCO4)c3cc(Cl)ccc3S2(=O)=O)CC1. The first kappa shape index (κ1) is 21.2. The van der Waals surface area contributed by atoms with Crippen molar-refractivity contribution in [2.45, 2.75) is 24.7 Å². The van der Waals surface area contributed by atoms with Gasteiger partial charge in [-0.3, -0.25) is 4.79 Å². The van der Waals surface area contributed by atoms with Gasteiger partial charge in [-0.05, 0) is 49.1 Å². The molecular formula is C23H23ClN2O5S. The molecule has 0 N–H and O–H groups in total. The molecule has 1 amide bonds. The molecule has 0 aliphatic carbocycles. The summed E-state index contributed by atoms with van der Waals surface area (Å²) in [5.74, 6) is 1.24. The fraction of sp³-hybridized carbons (Fsp3) is 0.348. The van der Waals surface area contributed by atoms with Gasteiger partial charge in [-0.1, -0.05) is 18.5 Å². The van der Waals surface area contributed by atoms with Crippen molar-refractivity contribution in [2.24, 2.45) is 5.92 Å². The standard InChI is InChI=1S/C23H23ClN2O5S/c1-15-6-8-25(9-7-15)23(27)22-14-26(17-3-4-19-20(13-17)31-11-10-30-19)18-12-16(24)2-5-21(18)32(22,28)29/h2-5,12-15H,6-11H2,1H3. The van der Waals surface area contributed by atoms with Crippen LogP contribution in [0, 0.1) is 5.92 Å². The molecule has 0 bridgehead atoms. The van der Waals surface area contributed by atoms with Crippen LogP contribution in [0.5, 0.6) is 11.5 Å². The fourth-order valence-electron chi connectivity index (χ4n) is 4.21. The lowest BCUT2D eigenvalue weighted by molar-refractivity contribution is -0.127. The maximum atomic E-state index is 13.4. The molecule has 9 heteroatoms. The molecule has 0 unspecified atom stereocenters. The van der Waals surface area contributed by atoms with Crippen LogP contribution in [-0.2, 0) is 14.6 Å². The van der Waals surface area contributed by atoms with E-state index in [1.165, 1.54) is 18.3 Å². The molecule has 1 fully saturated rings. The van der Waals surface area contributed by atoms with E-state index in [0.29, 0.717) is 60.1 Å². The predicted molar refractivity (Wildman–Crippen MR) is 121 cm³/mol. The lowest BCUT2D eigenvalue weighted by atomic mass is 9.99. The highest BCUT2D eigenvalue weighted by Gasteiger charge is 2.38. The number of sulfone groups is 1. The molecule has 3 aliphatic heterocycles. The van der Waals surface area contributed by atoms with E-state index in [0.717, 1.165) is 12.8 Å². The monoisotopic (exact) mass is 474 g/mol. The van der Waals surface area contributed by atoms with Crippen LogP contribution in [0.1, 0.15) is 19.8 Å². The number of ether oxygens (including phenoxy) is 2. The van der Waals surface area contributed by atoms with Crippen molar-refractivity contribution in [3.63, 3.8) is 0 Å². The lowest BCUT2D eigenvalue weighted by Gasteiger charge is -2.34. The fourth-order valence-corrected chi connectivity index (χ4v) is 5.90. The normalized spacial score (nSPS) is 19.9. The van der Waals surface area contributed by atoms with E-state index in [9.17, 15) is 13.2 Å². The van der Waals surface area contributed by atoms with Gasteiger partial charge in [-0.25, -0.2) is 8.42 Å². The molecule has 0 radical (unpaired) electrons. The van der Waals surface area contributed by atoms with Crippen molar-refractivity contribution < 1.29 is 22.7 Å². The van der Waals surface area contributed by atoms with Crippen molar-refractivity contribution in [3.05, 3.63) is 52.5 Å². The van der Waals surface area contributed by atoms with E-state index in [-0.39, 0.29) is 9.80 Å². The van der Waals surface area contributed by atoms with Gasteiger partial charge >= 0.3 is 0 Å². The molecule has 2 aromatic carbocycles. The largest absolute Gasteiger partial charge is 0.486 e. The zero-order valence-electron chi connectivity index (χ0n) is 17.6. The molecule has 0 aromatic heterocycles. The van der Waals surface area contributed by atoms with E-state index in [1.807, 2.05) is 0 Å². The summed E-state index contributed by atoms with van der Waals surface area (Å²) < 4.78 is 38.2. The van der Waals surface area contributed by atoms with Crippen LogP contribution in [0.15, 0.2) is 52.4 Å². The van der Waals surface area contributed by atoms with Gasteiger partial charge in [0.2, 0.25) is 9.84 Å². The summed E-state index contributed by atoms with van der Waals surface area (Å²) in [6.07, 6.45) is 3.12. The number of hydrogen-bond donors (Lipinski definition) is 0. The summed E-state index contributed by atoms with van der Waals surface area (Å²) in [6.45, 7) is 4.14. The summed E-state index contributed by atoms with van der Waals surface area (Å²) in [7, 11) is -4.01. The Morgan fingerprint density at radius 1 is 1.03 bits per heavy atom. The third kappa shape index (κ3) is 3.61. The third-order valence-electron chi connectivity index (χ3n) is 6.09. The van der Waals surface area contributed by atoms with Gasteiger partial charge in [0.15, 0.2) is 16.4 Å². The maximum absolute atomic E-state index is 13.4. The molecule has 7 nitrogen and oxygen atoms in total. The molecule has 0 spiro atoms. The number of nitrogens with zero attached hydrogens (tertiary/aromatic N) is 2. The molecule has 168 valence electrons. The summed E-state index contributed by atoms with van der Waals surface area (Å²) >= 11 is 6.21. The molecule has 5 rings (SSSR count). The van der Waals surface area contributed by atoms with E-state index in [4.69, 9.17) is 21.1 Å². The second-order valence-corrected chi connectivity index (χ2v) is 10.6. The number of carbonyl (C=O) groups excluding carboxylic acids is 1. The molecule has 32 heavy (non-hydrogen) atoms. The Hall–Kier alpha value is -2.71. The van der Waals surface area contributed by atoms with Crippen LogP contribution in [0.2, 0.25) is 5.02 Å². The van der Waals surface area contributed by atoms with Crippen LogP contribution in [-0.4, -0.2) is 45.5 Å². The molecule has 3 aliphatic rings. The number of piperidine rings is 1. The Bertz CT molecular complexity index is 1220. The van der Waals surface area contributed by atoms with Crippen LogP contribution in [0.4, 0.5) is 11.4 Å². The first-order chi connectivity index (χ1) is 15.3. The number of halogens is 1. The Morgan fingerprint density at radius 2 is 1.75 bits per heavy atom. The first-order valence-corrected chi connectivity index (χ1v) is 12.5.